The maximum atomic E-state index is 9.12. The number of benzene rings is 1. The molecule has 0 unspecified atom stereocenters. The summed E-state index contributed by atoms with van der Waals surface area (Å²) in [5, 5.41) is 12.3. The van der Waals surface area contributed by atoms with Crippen molar-refractivity contribution in [2.45, 2.75) is 6.92 Å². The zero-order valence-corrected chi connectivity index (χ0v) is 10.4. The third kappa shape index (κ3) is 2.19. The number of rotatable bonds is 2. The van der Waals surface area contributed by atoms with Gasteiger partial charge in [0.05, 0.1) is 11.3 Å². The van der Waals surface area contributed by atoms with Gasteiger partial charge < -0.3 is 11.1 Å². The Morgan fingerprint density at radius 3 is 2.89 bits per heavy atom. The predicted octanol–water partition coefficient (Wildman–Crippen LogP) is 2.64. The van der Waals surface area contributed by atoms with Gasteiger partial charge >= 0.3 is 0 Å². The number of hydrogen-bond acceptors (Lipinski definition) is 5. The molecule has 0 spiro atoms. The second kappa shape index (κ2) is 4.90. The Bertz CT molecular complexity index is 633. The molecular formula is C12H10ClN5. The molecule has 0 saturated carbocycles. The summed E-state index contributed by atoms with van der Waals surface area (Å²) < 4.78 is 0. The van der Waals surface area contributed by atoms with Gasteiger partial charge in [-0.25, -0.2) is 9.97 Å². The van der Waals surface area contributed by atoms with Crippen molar-refractivity contribution in [1.82, 2.24) is 9.97 Å². The minimum atomic E-state index is 0.179. The average molecular weight is 260 g/mol. The van der Waals surface area contributed by atoms with Crippen molar-refractivity contribution < 1.29 is 0 Å². The van der Waals surface area contributed by atoms with Crippen molar-refractivity contribution in [3.63, 3.8) is 0 Å². The number of halogens is 1. The summed E-state index contributed by atoms with van der Waals surface area (Å²) in [5.41, 5.74) is 8.07. The highest BCUT2D eigenvalue weighted by molar-refractivity contribution is 6.32. The first kappa shape index (κ1) is 12.1. The van der Waals surface area contributed by atoms with Gasteiger partial charge in [0, 0.05) is 0 Å². The van der Waals surface area contributed by atoms with Crippen molar-refractivity contribution in [2.75, 3.05) is 11.1 Å². The van der Waals surface area contributed by atoms with Crippen molar-refractivity contribution in [2.24, 2.45) is 0 Å². The van der Waals surface area contributed by atoms with E-state index in [9.17, 15) is 0 Å². The Balaban J connectivity index is 2.44. The van der Waals surface area contributed by atoms with E-state index in [1.165, 1.54) is 6.33 Å². The lowest BCUT2D eigenvalue weighted by molar-refractivity contribution is 1.17. The molecule has 0 atom stereocenters. The molecule has 5 nitrogen and oxygen atoms in total. The number of hydrogen-bond donors (Lipinski definition) is 2. The molecule has 3 N–H and O–H groups in total. The second-order valence-corrected chi connectivity index (χ2v) is 4.02. The molecule has 0 aliphatic carbocycles. The van der Waals surface area contributed by atoms with Crippen LogP contribution in [-0.4, -0.2) is 9.97 Å². The Hall–Kier alpha value is -2.32. The largest absolute Gasteiger partial charge is 0.393 e. The number of nitrogens with zero attached hydrogens (tertiary/aromatic N) is 3. The van der Waals surface area contributed by atoms with Crippen LogP contribution in [0.4, 0.5) is 17.2 Å². The van der Waals surface area contributed by atoms with Crippen molar-refractivity contribution >= 4 is 28.8 Å². The Morgan fingerprint density at radius 2 is 2.17 bits per heavy atom. The normalized spacial score (nSPS) is 9.83. The van der Waals surface area contributed by atoms with Crippen LogP contribution >= 0.6 is 11.6 Å². The highest BCUT2D eigenvalue weighted by Crippen LogP contribution is 2.27. The summed E-state index contributed by atoms with van der Waals surface area (Å²) in [6.07, 6.45) is 1.31. The third-order valence-corrected chi connectivity index (χ3v) is 2.77. The molecule has 1 heterocycles. The molecule has 2 rings (SSSR count). The van der Waals surface area contributed by atoms with E-state index >= 15 is 0 Å². The van der Waals surface area contributed by atoms with Gasteiger partial charge in [-0.2, -0.15) is 5.26 Å². The van der Waals surface area contributed by atoms with E-state index in [1.807, 2.05) is 19.1 Å². The first-order valence-corrected chi connectivity index (χ1v) is 5.54. The van der Waals surface area contributed by atoms with Gasteiger partial charge in [0.2, 0.25) is 0 Å². The highest BCUT2D eigenvalue weighted by atomic mass is 35.5. The van der Waals surface area contributed by atoms with Crippen LogP contribution in [0.5, 0.6) is 0 Å². The first-order chi connectivity index (χ1) is 8.63. The Kier molecular flexibility index (Phi) is 3.31. The maximum absolute atomic E-state index is 9.12. The minimum absolute atomic E-state index is 0.179. The molecule has 1 aromatic heterocycles. The molecule has 0 aliphatic heterocycles. The Labute approximate surface area is 109 Å². The van der Waals surface area contributed by atoms with Crippen molar-refractivity contribution in [1.29, 1.82) is 5.26 Å². The first-order valence-electron chi connectivity index (χ1n) is 5.16. The van der Waals surface area contributed by atoms with Gasteiger partial charge in [0.15, 0.2) is 11.0 Å². The topological polar surface area (TPSA) is 87.6 Å². The monoisotopic (exact) mass is 259 g/mol. The summed E-state index contributed by atoms with van der Waals surface area (Å²) in [5.74, 6) is 0.386. The number of nitriles is 1. The number of nitrogens with one attached hydrogen (secondary N) is 1. The lowest BCUT2D eigenvalue weighted by atomic mass is 10.1. The molecule has 18 heavy (non-hydrogen) atoms. The number of nitrogen functional groups attached to an aromatic ring is 1. The van der Waals surface area contributed by atoms with E-state index in [2.05, 4.69) is 21.4 Å². The van der Waals surface area contributed by atoms with Gasteiger partial charge in [0.1, 0.15) is 18.1 Å². The minimum Gasteiger partial charge on any atom is -0.393 e. The molecule has 0 bridgehead atoms. The SMILES string of the molecule is Cc1cccc(Nc2ncnc(Cl)c2N)c1C#N. The average Bonchev–Trinajstić information content (AvgIpc) is 2.35. The molecule has 90 valence electrons. The van der Waals surface area contributed by atoms with Crippen LogP contribution in [0, 0.1) is 18.3 Å². The zero-order chi connectivity index (χ0) is 13.1. The molecule has 0 aliphatic rings. The van der Waals surface area contributed by atoms with Crippen LogP contribution < -0.4 is 11.1 Å². The standard InChI is InChI=1S/C12H10ClN5/c1-7-3-2-4-9(8(7)5-14)18-12-10(15)11(13)16-6-17-12/h2-4,6H,15H2,1H3,(H,16,17,18). The van der Waals surface area contributed by atoms with Crippen LogP contribution in [0.2, 0.25) is 5.15 Å². The van der Waals surface area contributed by atoms with E-state index in [4.69, 9.17) is 22.6 Å². The highest BCUT2D eigenvalue weighted by Gasteiger charge is 2.09. The number of anilines is 3. The molecule has 0 fully saturated rings. The fraction of sp³-hybridized carbons (Fsp3) is 0.0833. The Morgan fingerprint density at radius 1 is 1.39 bits per heavy atom. The van der Waals surface area contributed by atoms with Gasteiger partial charge in [-0.1, -0.05) is 23.7 Å². The quantitative estimate of drug-likeness (QED) is 0.810. The third-order valence-electron chi connectivity index (χ3n) is 2.47. The van der Waals surface area contributed by atoms with E-state index in [0.717, 1.165) is 5.56 Å². The zero-order valence-electron chi connectivity index (χ0n) is 9.61. The van der Waals surface area contributed by atoms with Crippen LogP contribution in [0.3, 0.4) is 0 Å². The van der Waals surface area contributed by atoms with E-state index in [1.54, 1.807) is 6.07 Å². The van der Waals surface area contributed by atoms with Gasteiger partial charge in [-0.15, -0.1) is 0 Å². The summed E-state index contributed by atoms with van der Waals surface area (Å²) in [6.45, 7) is 1.86. The molecule has 1 aromatic carbocycles. The smallest absolute Gasteiger partial charge is 0.158 e. The second-order valence-electron chi connectivity index (χ2n) is 3.66. The summed E-state index contributed by atoms with van der Waals surface area (Å²) in [4.78, 5) is 7.76. The molecule has 0 amide bonds. The molecule has 0 saturated heterocycles. The molecule has 0 radical (unpaired) electrons. The van der Waals surface area contributed by atoms with Crippen LogP contribution in [-0.2, 0) is 0 Å². The summed E-state index contributed by atoms with van der Waals surface area (Å²) in [6, 6.07) is 7.62. The van der Waals surface area contributed by atoms with Crippen molar-refractivity contribution in [3.05, 3.63) is 40.8 Å². The van der Waals surface area contributed by atoms with Crippen molar-refractivity contribution in [3.8, 4) is 6.07 Å². The summed E-state index contributed by atoms with van der Waals surface area (Å²) >= 11 is 5.80. The lowest BCUT2D eigenvalue weighted by Gasteiger charge is -2.11. The van der Waals surface area contributed by atoms with Gasteiger partial charge in [-0.05, 0) is 18.6 Å². The lowest BCUT2D eigenvalue weighted by Crippen LogP contribution is -2.02. The van der Waals surface area contributed by atoms with Gasteiger partial charge in [-0.3, -0.25) is 0 Å². The fourth-order valence-electron chi connectivity index (χ4n) is 1.52. The predicted molar refractivity (Wildman–Crippen MR) is 70.6 cm³/mol. The summed E-state index contributed by atoms with van der Waals surface area (Å²) in [7, 11) is 0. The maximum Gasteiger partial charge on any atom is 0.158 e. The molecular weight excluding hydrogens is 250 g/mol. The number of aryl methyl sites for hydroxylation is 1. The number of aromatic nitrogens is 2. The van der Waals surface area contributed by atoms with Crippen LogP contribution in [0.15, 0.2) is 24.5 Å². The van der Waals surface area contributed by atoms with Gasteiger partial charge in [0.25, 0.3) is 0 Å². The fourth-order valence-corrected chi connectivity index (χ4v) is 1.65. The van der Waals surface area contributed by atoms with E-state index in [-0.39, 0.29) is 10.8 Å². The van der Waals surface area contributed by atoms with Crippen LogP contribution in [0.25, 0.3) is 0 Å². The number of nitrogens with two attached hydrogens (primary N) is 1. The van der Waals surface area contributed by atoms with E-state index in [0.29, 0.717) is 17.1 Å². The van der Waals surface area contributed by atoms with E-state index < -0.39 is 0 Å². The molecule has 2 aromatic rings. The molecule has 6 heteroatoms. The van der Waals surface area contributed by atoms with Crippen LogP contribution in [0.1, 0.15) is 11.1 Å².